The first-order chi connectivity index (χ1) is 12.6. The molecule has 1 aliphatic heterocycles. The van der Waals surface area contributed by atoms with E-state index in [-0.39, 0.29) is 24.3 Å². The van der Waals surface area contributed by atoms with Crippen molar-refractivity contribution in [1.82, 2.24) is 15.1 Å². The molecule has 1 fully saturated rings. The fraction of sp³-hybridized carbons (Fsp3) is 0.524. The molecule has 1 aliphatic rings. The third-order valence-corrected chi connectivity index (χ3v) is 4.88. The summed E-state index contributed by atoms with van der Waals surface area (Å²) in [6.45, 7) is 5.70. The molecule has 0 aromatic heterocycles. The van der Waals surface area contributed by atoms with Crippen LogP contribution in [0.4, 0.5) is 0 Å². The summed E-state index contributed by atoms with van der Waals surface area (Å²) in [5, 5.41) is 2.69. The van der Waals surface area contributed by atoms with Crippen molar-refractivity contribution in [2.75, 3.05) is 39.3 Å². The summed E-state index contributed by atoms with van der Waals surface area (Å²) in [6.07, 6.45) is 7.54. The lowest BCUT2D eigenvalue weighted by molar-refractivity contribution is -0.131. The number of hydrogen-bond acceptors (Lipinski definition) is 3. The Labute approximate surface area is 156 Å². The van der Waals surface area contributed by atoms with Crippen LogP contribution in [0.1, 0.15) is 37.7 Å². The zero-order chi connectivity index (χ0) is 18.8. The van der Waals surface area contributed by atoms with Gasteiger partial charge in [-0.05, 0) is 24.3 Å². The van der Waals surface area contributed by atoms with Crippen LogP contribution in [0.3, 0.4) is 0 Å². The van der Waals surface area contributed by atoms with Crippen LogP contribution in [-0.2, 0) is 9.59 Å². The second-order valence-electron chi connectivity index (χ2n) is 6.71. The lowest BCUT2D eigenvalue weighted by Gasteiger charge is -2.24. The average Bonchev–Trinajstić information content (AvgIpc) is 2.90. The van der Waals surface area contributed by atoms with E-state index in [4.69, 9.17) is 6.42 Å². The quantitative estimate of drug-likeness (QED) is 0.760. The molecule has 2 amide bonds. The number of carbonyl (C=O) groups excluding carboxylic acids is 2. The number of carbonyl (C=O) groups is 2. The molecule has 1 saturated heterocycles. The van der Waals surface area contributed by atoms with Crippen LogP contribution in [0, 0.1) is 12.3 Å². The van der Waals surface area contributed by atoms with Gasteiger partial charge in [-0.2, -0.15) is 0 Å². The van der Waals surface area contributed by atoms with Crippen LogP contribution in [0.5, 0.6) is 0 Å². The highest BCUT2D eigenvalue weighted by atomic mass is 16.2. The van der Waals surface area contributed by atoms with Crippen molar-refractivity contribution in [2.45, 2.75) is 32.1 Å². The molecule has 140 valence electrons. The van der Waals surface area contributed by atoms with Gasteiger partial charge in [-0.15, -0.1) is 6.42 Å². The Morgan fingerprint density at radius 3 is 2.65 bits per heavy atom. The van der Waals surface area contributed by atoms with Crippen LogP contribution in [0.25, 0.3) is 0 Å². The second-order valence-corrected chi connectivity index (χ2v) is 6.71. The maximum absolute atomic E-state index is 12.8. The number of nitrogens with zero attached hydrogens (tertiary/aromatic N) is 2. The van der Waals surface area contributed by atoms with Crippen molar-refractivity contribution in [1.29, 1.82) is 0 Å². The van der Waals surface area contributed by atoms with Gasteiger partial charge < -0.3 is 10.2 Å². The lowest BCUT2D eigenvalue weighted by Crippen LogP contribution is -2.40. The topological polar surface area (TPSA) is 52.7 Å². The maximum atomic E-state index is 12.8. The van der Waals surface area contributed by atoms with E-state index >= 15 is 0 Å². The molecule has 26 heavy (non-hydrogen) atoms. The Balaban J connectivity index is 1.85. The van der Waals surface area contributed by atoms with Crippen molar-refractivity contribution in [2.24, 2.45) is 0 Å². The molecular weight excluding hydrogens is 326 g/mol. The molecule has 5 nitrogen and oxygen atoms in total. The van der Waals surface area contributed by atoms with E-state index in [1.807, 2.05) is 23.1 Å². The van der Waals surface area contributed by atoms with Gasteiger partial charge >= 0.3 is 0 Å². The van der Waals surface area contributed by atoms with E-state index in [2.05, 4.69) is 35.2 Å². The van der Waals surface area contributed by atoms with Gasteiger partial charge in [-0.25, -0.2) is 0 Å². The van der Waals surface area contributed by atoms with Crippen molar-refractivity contribution in [3.63, 3.8) is 0 Å². The van der Waals surface area contributed by atoms with E-state index < -0.39 is 0 Å². The highest BCUT2D eigenvalue weighted by Crippen LogP contribution is 2.24. The molecule has 5 heteroatoms. The zero-order valence-electron chi connectivity index (χ0n) is 15.6. The van der Waals surface area contributed by atoms with Crippen LogP contribution < -0.4 is 5.32 Å². The van der Waals surface area contributed by atoms with Crippen molar-refractivity contribution in [3.05, 3.63) is 35.9 Å². The van der Waals surface area contributed by atoms with E-state index in [0.717, 1.165) is 32.5 Å². The Hall–Kier alpha value is -2.32. The zero-order valence-corrected chi connectivity index (χ0v) is 15.6. The molecule has 0 radical (unpaired) electrons. The fourth-order valence-electron chi connectivity index (χ4n) is 3.35. The largest absolute Gasteiger partial charge is 0.344 e. The first-order valence-electron chi connectivity index (χ1n) is 9.39. The van der Waals surface area contributed by atoms with Gasteiger partial charge in [0.25, 0.3) is 0 Å². The normalized spacial score (nSPS) is 16.4. The van der Waals surface area contributed by atoms with Gasteiger partial charge in [0.1, 0.15) is 0 Å². The minimum Gasteiger partial charge on any atom is -0.344 e. The molecule has 1 unspecified atom stereocenters. The minimum absolute atomic E-state index is 0.0575. The summed E-state index contributed by atoms with van der Waals surface area (Å²) in [7, 11) is 0. The summed E-state index contributed by atoms with van der Waals surface area (Å²) in [6, 6.07) is 10.2. The lowest BCUT2D eigenvalue weighted by atomic mass is 9.93. The van der Waals surface area contributed by atoms with Crippen LogP contribution in [-0.4, -0.2) is 60.9 Å². The predicted octanol–water partition coefficient (Wildman–Crippen LogP) is 1.85. The molecule has 1 aromatic rings. The predicted molar refractivity (Wildman–Crippen MR) is 104 cm³/mol. The van der Waals surface area contributed by atoms with Crippen molar-refractivity contribution < 1.29 is 9.59 Å². The Kier molecular flexibility index (Phi) is 8.17. The SMILES string of the molecule is C#CCNC(=O)CN1CCCN(C(=O)CC(CC)c2ccccc2)CC1. The second kappa shape index (κ2) is 10.6. The van der Waals surface area contributed by atoms with Gasteiger partial charge in [-0.3, -0.25) is 14.5 Å². The highest BCUT2D eigenvalue weighted by molar-refractivity contribution is 5.78. The fourth-order valence-corrected chi connectivity index (χ4v) is 3.35. The smallest absolute Gasteiger partial charge is 0.234 e. The van der Waals surface area contributed by atoms with Crippen LogP contribution in [0.15, 0.2) is 30.3 Å². The third kappa shape index (κ3) is 6.20. The first-order valence-corrected chi connectivity index (χ1v) is 9.39. The molecular formula is C21H29N3O2. The van der Waals surface area contributed by atoms with Crippen LogP contribution >= 0.6 is 0 Å². The van der Waals surface area contributed by atoms with Gasteiger partial charge in [0.05, 0.1) is 13.1 Å². The average molecular weight is 355 g/mol. The summed E-state index contributed by atoms with van der Waals surface area (Å²) < 4.78 is 0. The summed E-state index contributed by atoms with van der Waals surface area (Å²) in [4.78, 5) is 28.6. The van der Waals surface area contributed by atoms with Gasteiger partial charge in [-0.1, -0.05) is 43.2 Å². The molecule has 0 bridgehead atoms. The van der Waals surface area contributed by atoms with E-state index in [1.54, 1.807) is 0 Å². The maximum Gasteiger partial charge on any atom is 0.234 e. The summed E-state index contributed by atoms with van der Waals surface area (Å²) >= 11 is 0. The van der Waals surface area contributed by atoms with Gasteiger partial charge in [0.2, 0.25) is 11.8 Å². The number of rotatable bonds is 7. The summed E-state index contributed by atoms with van der Waals surface area (Å²) in [5.74, 6) is 2.82. The molecule has 0 saturated carbocycles. The molecule has 1 N–H and O–H groups in total. The Morgan fingerprint density at radius 2 is 1.96 bits per heavy atom. The van der Waals surface area contributed by atoms with Crippen LogP contribution in [0.2, 0.25) is 0 Å². The highest BCUT2D eigenvalue weighted by Gasteiger charge is 2.23. The van der Waals surface area contributed by atoms with E-state index in [0.29, 0.717) is 19.5 Å². The Morgan fingerprint density at radius 1 is 1.19 bits per heavy atom. The molecule has 1 heterocycles. The molecule has 1 atom stereocenters. The standard InChI is InChI=1S/C21H29N3O2/c1-3-11-22-20(25)17-23-12-8-13-24(15-14-23)21(26)16-18(4-2)19-9-6-5-7-10-19/h1,5-7,9-10,18H,4,8,11-17H2,2H3,(H,22,25). The molecule has 1 aromatic carbocycles. The van der Waals surface area contributed by atoms with E-state index in [1.165, 1.54) is 5.56 Å². The number of benzene rings is 1. The monoisotopic (exact) mass is 355 g/mol. The number of terminal acetylenes is 1. The van der Waals surface area contributed by atoms with Gasteiger partial charge in [0.15, 0.2) is 0 Å². The van der Waals surface area contributed by atoms with Crippen molar-refractivity contribution >= 4 is 11.8 Å². The number of amides is 2. The number of hydrogen-bond donors (Lipinski definition) is 1. The molecule has 0 spiro atoms. The van der Waals surface area contributed by atoms with Crippen molar-refractivity contribution in [3.8, 4) is 12.3 Å². The third-order valence-electron chi connectivity index (χ3n) is 4.88. The molecule has 0 aliphatic carbocycles. The minimum atomic E-state index is -0.0575. The number of nitrogens with one attached hydrogen (secondary N) is 1. The molecule has 2 rings (SSSR count). The van der Waals surface area contributed by atoms with Gasteiger partial charge in [0, 0.05) is 32.6 Å². The first kappa shape index (κ1) is 20.0. The Bertz CT molecular complexity index is 624. The summed E-state index contributed by atoms with van der Waals surface area (Å²) in [5.41, 5.74) is 1.23. The van der Waals surface area contributed by atoms with E-state index in [9.17, 15) is 9.59 Å².